The third-order valence-corrected chi connectivity index (χ3v) is 17.1. The Morgan fingerprint density at radius 1 is 0.422 bits per heavy atom. The van der Waals surface area contributed by atoms with Crippen LogP contribution in [0.3, 0.4) is 0 Å². The summed E-state index contributed by atoms with van der Waals surface area (Å²) in [4.78, 5) is 161. The molecule has 1 aromatic rings. The van der Waals surface area contributed by atoms with Gasteiger partial charge in [-0.3, -0.25) is 9.59 Å². The number of benzene rings is 1. The first-order valence-corrected chi connectivity index (χ1v) is 29.4. The zero-order chi connectivity index (χ0) is 66.0. The molecular formula is C60H74N12O18. The molecule has 30 nitrogen and oxygen atoms in total. The number of fused-ring (bicyclic) bond motifs is 18. The van der Waals surface area contributed by atoms with Crippen molar-refractivity contribution in [3.05, 3.63) is 115 Å². The molecule has 12 amide bonds. The maximum Gasteiger partial charge on any atom is 0.336 e. The molecule has 1 aromatic carbocycles. The molecule has 8 rings (SSSR count). The average Bonchev–Trinajstić information content (AvgIpc) is 0.844. The van der Waals surface area contributed by atoms with E-state index in [4.69, 9.17) is 0 Å². The Kier molecular flexibility index (Phi) is 21.7. The normalized spacial score (nSPS) is 24.8. The highest BCUT2D eigenvalue weighted by Gasteiger charge is 2.41. The number of aliphatic carboxylic acids is 4. The molecule has 30 heteroatoms. The fourth-order valence-corrected chi connectivity index (χ4v) is 13.1. The van der Waals surface area contributed by atoms with Crippen LogP contribution in [0.15, 0.2) is 104 Å². The van der Waals surface area contributed by atoms with Crippen molar-refractivity contribution in [2.75, 3.05) is 49.9 Å². The monoisotopic (exact) mass is 1250 g/mol. The summed E-state index contributed by atoms with van der Waals surface area (Å²) in [6.45, 7) is 9.50. The number of carbonyl (C=O) groups excluding carboxylic acids is 6. The lowest BCUT2D eigenvalue weighted by atomic mass is 9.68. The molecule has 4 aliphatic carbocycles. The molecule has 482 valence electrons. The third kappa shape index (κ3) is 14.8. The van der Waals surface area contributed by atoms with E-state index in [2.05, 4.69) is 63.8 Å². The number of urea groups is 6. The summed E-state index contributed by atoms with van der Waals surface area (Å²) in [7, 11) is 0. The summed E-state index contributed by atoms with van der Waals surface area (Å²) in [5.74, 6) is -15.6. The van der Waals surface area contributed by atoms with E-state index in [-0.39, 0.29) is 87.7 Å². The second-order valence-electron chi connectivity index (χ2n) is 21.9. The number of aromatic carboxylic acids is 2. The van der Waals surface area contributed by atoms with Gasteiger partial charge in [-0.2, -0.15) is 0 Å². The highest BCUT2D eigenvalue weighted by atomic mass is 16.4. The van der Waals surface area contributed by atoms with Gasteiger partial charge in [-0.15, -0.1) is 0 Å². The lowest BCUT2D eigenvalue weighted by Crippen LogP contribution is -2.56. The van der Waals surface area contributed by atoms with Gasteiger partial charge in [-0.25, -0.2) is 47.9 Å². The zero-order valence-corrected chi connectivity index (χ0v) is 50.2. The van der Waals surface area contributed by atoms with Crippen molar-refractivity contribution in [1.29, 1.82) is 0 Å². The van der Waals surface area contributed by atoms with E-state index in [1.165, 1.54) is 0 Å². The zero-order valence-electron chi connectivity index (χ0n) is 50.2. The van der Waals surface area contributed by atoms with Gasteiger partial charge >= 0.3 is 72.0 Å². The fourth-order valence-electron chi connectivity index (χ4n) is 13.1. The number of hydrogen-bond acceptors (Lipinski definition) is 12. The second-order valence-corrected chi connectivity index (χ2v) is 21.9. The summed E-state index contributed by atoms with van der Waals surface area (Å²) in [6.07, 6.45) is 5.77. The van der Waals surface area contributed by atoms with E-state index < -0.39 is 142 Å². The summed E-state index contributed by atoms with van der Waals surface area (Å²) >= 11 is 0. The van der Waals surface area contributed by atoms with Gasteiger partial charge in [0.25, 0.3) is 0 Å². The molecule has 0 radical (unpaired) electrons. The number of carboxylic acids is 6. The van der Waals surface area contributed by atoms with E-state index in [0.29, 0.717) is 57.4 Å². The molecule has 0 saturated carbocycles. The van der Waals surface area contributed by atoms with Gasteiger partial charge in [0.2, 0.25) is 0 Å². The van der Waals surface area contributed by atoms with E-state index >= 15 is 0 Å². The first-order chi connectivity index (χ1) is 42.8. The lowest BCUT2D eigenvalue weighted by molar-refractivity contribution is -0.150. The molecule has 3 heterocycles. The number of nitrogens with one attached hydrogen (secondary N) is 12. The minimum atomic E-state index is -1.72. The van der Waals surface area contributed by atoms with Crippen LogP contribution in [0, 0.1) is 35.5 Å². The predicted molar refractivity (Wildman–Crippen MR) is 322 cm³/mol. The molecular weight excluding hydrogens is 1180 g/mol. The number of rotatable bonds is 12. The minimum absolute atomic E-state index is 0.189. The third-order valence-electron chi connectivity index (χ3n) is 17.1. The van der Waals surface area contributed by atoms with Gasteiger partial charge in [0.1, 0.15) is 0 Å². The minimum Gasteiger partial charge on any atom is -0.481 e. The molecule has 90 heavy (non-hydrogen) atoms. The number of amides is 12. The van der Waals surface area contributed by atoms with Crippen molar-refractivity contribution >= 4 is 83.4 Å². The first kappa shape index (κ1) is 67.1. The summed E-state index contributed by atoms with van der Waals surface area (Å²) in [5, 5.41) is 93.9. The second kappa shape index (κ2) is 29.1. The molecule has 0 saturated heterocycles. The van der Waals surface area contributed by atoms with Gasteiger partial charge in [0, 0.05) is 51.1 Å². The van der Waals surface area contributed by atoms with Crippen molar-refractivity contribution in [3.8, 4) is 0 Å². The van der Waals surface area contributed by atoms with E-state index in [0.717, 1.165) is 36.4 Å². The Labute approximate surface area is 515 Å². The Morgan fingerprint density at radius 3 is 1.07 bits per heavy atom. The van der Waals surface area contributed by atoms with Crippen LogP contribution in [0.1, 0.15) is 101 Å². The fraction of sp³-hybridized carbons (Fsp3) is 0.433. The van der Waals surface area contributed by atoms with Crippen LogP contribution < -0.4 is 63.8 Å². The lowest BCUT2D eigenvalue weighted by Gasteiger charge is -2.39. The molecule has 6 bridgehead atoms. The standard InChI is InChI=1S/C60H74N12O18/c1-7-25-37-19-61-55(85)67-43-13-31(49(73)74)33(51(77)78)15-45(43)70-58(88)64-22-40-28(10-4)41-23-65-59(89)71-46-16-34(52(79)80)32(50(75)76)14-44(46)68-56(86)62-20-38(25)27(9-3)39(26(37)8-2)21-63-57(87)69-47-17-35(53(81)82)36(54(83)84)18-48(47)72-60(90)66-24-42(29(40)11-5)30(41)12-6/h13-18,25,28,31,33,37,40,47-48H,7-12,19-24H2,1-6H3,(H,73,74)(H,75,76)(H,77,78)(H,79,80)(H,81,82)(H,83,84)(H2,61,67,85)(H2,62,68,86)(H2,63,69,87)(H2,64,70,88)(H2,65,71,89)(H2,66,72,90). The average molecular weight is 1250 g/mol. The van der Waals surface area contributed by atoms with Crippen LogP contribution in [0.2, 0.25) is 0 Å². The molecule has 7 aliphatic rings. The van der Waals surface area contributed by atoms with E-state index in [9.17, 15) is 88.2 Å². The molecule has 0 spiro atoms. The maximum absolute atomic E-state index is 14.3. The van der Waals surface area contributed by atoms with Crippen LogP contribution in [-0.4, -0.2) is 154 Å². The Morgan fingerprint density at radius 2 is 0.767 bits per heavy atom. The number of carboxylic acid groups (broad SMARTS) is 6. The highest BCUT2D eigenvalue weighted by molar-refractivity contribution is 6.08. The van der Waals surface area contributed by atoms with Crippen molar-refractivity contribution in [3.63, 3.8) is 0 Å². The molecule has 18 N–H and O–H groups in total. The SMILES string of the molecule is CCC1=C2CNC(=O)Nc3cc(C(=O)O)c(C(=O)O)cc3NC(=O)NCC3=C(CC)C4=C(CC)C(CNC(=O)NC5=CC(C(=O)O)C(C(=O)O)C=C5NC(=O)NCC(C(CC)=C1CNC(=O)NC1C=C(C(=O)O)C(C(=O)O)=CC1NC(=O)NC4)C2CC)C3CC. The van der Waals surface area contributed by atoms with Gasteiger partial charge in [0.15, 0.2) is 0 Å². The van der Waals surface area contributed by atoms with Crippen LogP contribution in [-0.2, 0) is 19.2 Å². The smallest absolute Gasteiger partial charge is 0.336 e. The van der Waals surface area contributed by atoms with E-state index in [1.54, 1.807) is 13.8 Å². The summed E-state index contributed by atoms with van der Waals surface area (Å²) < 4.78 is 0. The number of hydrogen-bond donors (Lipinski definition) is 18. The van der Waals surface area contributed by atoms with Crippen molar-refractivity contribution in [1.82, 2.24) is 53.2 Å². The van der Waals surface area contributed by atoms with Gasteiger partial charge in [0.05, 0.1) is 69.0 Å². The Bertz CT molecular complexity index is 3260. The van der Waals surface area contributed by atoms with E-state index in [1.807, 2.05) is 27.7 Å². The maximum atomic E-state index is 14.3. The number of anilines is 2. The highest BCUT2D eigenvalue weighted by Crippen LogP contribution is 2.45. The van der Waals surface area contributed by atoms with Crippen molar-refractivity contribution in [2.45, 2.75) is 92.2 Å². The van der Waals surface area contributed by atoms with Crippen molar-refractivity contribution < 1.29 is 88.2 Å². The first-order valence-electron chi connectivity index (χ1n) is 29.4. The number of carbonyl (C=O) groups is 12. The molecule has 0 aromatic heterocycles. The Hall–Kier alpha value is -10.4. The predicted octanol–water partition coefficient (Wildman–Crippen LogP) is 4.64. The summed E-state index contributed by atoms with van der Waals surface area (Å²) in [6, 6.07) is -6.58. The van der Waals surface area contributed by atoms with Gasteiger partial charge in [-0.1, -0.05) is 52.7 Å². The summed E-state index contributed by atoms with van der Waals surface area (Å²) in [5.41, 5.74) is 0.832. The van der Waals surface area contributed by atoms with Gasteiger partial charge < -0.3 is 94.4 Å². The van der Waals surface area contributed by atoms with Crippen LogP contribution in [0.4, 0.5) is 40.1 Å². The van der Waals surface area contributed by atoms with Gasteiger partial charge in [-0.05, 0) is 120 Å². The topological polar surface area (TPSA) is 471 Å². The molecule has 8 atom stereocenters. The van der Waals surface area contributed by atoms with Crippen LogP contribution >= 0.6 is 0 Å². The largest absolute Gasteiger partial charge is 0.481 e. The molecule has 0 fully saturated rings. The quantitative estimate of drug-likeness (QED) is 0.135. The van der Waals surface area contributed by atoms with Crippen molar-refractivity contribution in [2.24, 2.45) is 35.5 Å². The van der Waals surface area contributed by atoms with Crippen LogP contribution in [0.25, 0.3) is 0 Å². The molecule has 3 aliphatic heterocycles. The Balaban J connectivity index is 1.47. The molecule has 8 unspecified atom stereocenters. The van der Waals surface area contributed by atoms with Crippen LogP contribution in [0.5, 0.6) is 0 Å².